The first kappa shape index (κ1) is 20.5. The van der Waals surface area contributed by atoms with Crippen LogP contribution in [0.4, 0.5) is 11.4 Å². The number of nitrogens with one attached hydrogen (secondary N) is 2. The third-order valence-corrected chi connectivity index (χ3v) is 5.12. The highest BCUT2D eigenvalue weighted by molar-refractivity contribution is 7.89. The van der Waals surface area contributed by atoms with Crippen LogP contribution in [-0.2, 0) is 14.8 Å². The molecular weight excluding hydrogens is 374 g/mol. The van der Waals surface area contributed by atoms with E-state index in [1.54, 1.807) is 6.92 Å². The van der Waals surface area contributed by atoms with Gasteiger partial charge in [-0.25, -0.2) is 13.1 Å². The van der Waals surface area contributed by atoms with Crippen molar-refractivity contribution in [2.75, 3.05) is 19.0 Å². The third kappa shape index (κ3) is 5.58. The number of nitro groups is 1. The van der Waals surface area contributed by atoms with E-state index in [0.717, 1.165) is 0 Å². The van der Waals surface area contributed by atoms with Crippen molar-refractivity contribution in [3.8, 4) is 0 Å². The molecule has 2 N–H and O–H groups in total. The minimum Gasteiger partial charge on any atom is -0.383 e. The Kier molecular flexibility index (Phi) is 6.61. The van der Waals surface area contributed by atoms with Gasteiger partial charge in [0, 0.05) is 36.5 Å². The van der Waals surface area contributed by atoms with E-state index in [9.17, 15) is 23.3 Å². The molecule has 144 valence electrons. The molecular formula is C17H19N3O6S. The van der Waals surface area contributed by atoms with E-state index < -0.39 is 26.9 Å². The second kappa shape index (κ2) is 8.71. The van der Waals surface area contributed by atoms with Gasteiger partial charge in [0.05, 0.1) is 16.4 Å². The van der Waals surface area contributed by atoms with Crippen molar-refractivity contribution < 1.29 is 22.9 Å². The van der Waals surface area contributed by atoms with Crippen LogP contribution in [0, 0.1) is 10.1 Å². The molecule has 0 radical (unpaired) electrons. The van der Waals surface area contributed by atoms with Crippen LogP contribution in [0.15, 0.2) is 53.4 Å². The number of carbonyl (C=O) groups excluding carboxylic acids is 1. The molecule has 0 aliphatic rings. The molecule has 0 fully saturated rings. The average molecular weight is 393 g/mol. The van der Waals surface area contributed by atoms with Gasteiger partial charge in [-0.2, -0.15) is 0 Å². The monoisotopic (exact) mass is 393 g/mol. The van der Waals surface area contributed by atoms with Crippen LogP contribution in [0.3, 0.4) is 0 Å². The lowest BCUT2D eigenvalue weighted by Gasteiger charge is -2.13. The van der Waals surface area contributed by atoms with Crippen molar-refractivity contribution in [2.45, 2.75) is 17.9 Å². The molecule has 0 spiro atoms. The number of nitrogens with zero attached hydrogens (tertiary/aromatic N) is 1. The van der Waals surface area contributed by atoms with Gasteiger partial charge in [0.2, 0.25) is 10.0 Å². The summed E-state index contributed by atoms with van der Waals surface area (Å²) in [6.45, 7) is 1.89. The highest BCUT2D eigenvalue weighted by Gasteiger charge is 2.18. The van der Waals surface area contributed by atoms with E-state index in [2.05, 4.69) is 10.0 Å². The topological polar surface area (TPSA) is 128 Å². The number of hydrogen-bond acceptors (Lipinski definition) is 6. The van der Waals surface area contributed by atoms with Gasteiger partial charge in [0.1, 0.15) is 0 Å². The van der Waals surface area contributed by atoms with Gasteiger partial charge in [-0.3, -0.25) is 14.9 Å². The summed E-state index contributed by atoms with van der Waals surface area (Å²) in [7, 11) is -2.26. The second-order valence-electron chi connectivity index (χ2n) is 5.76. The van der Waals surface area contributed by atoms with Crippen molar-refractivity contribution in [3.05, 3.63) is 64.2 Å². The molecule has 1 atom stereocenters. The number of benzene rings is 2. The normalized spacial score (nSPS) is 12.4. The molecule has 0 aliphatic carbocycles. The number of ether oxygens (including phenoxy) is 1. The molecule has 0 aromatic heterocycles. The molecule has 0 saturated carbocycles. The molecule has 27 heavy (non-hydrogen) atoms. The standard InChI is InChI=1S/C17H19N3O6S/c1-12(11-26-2)19-27(24,25)16-8-6-13(7-9-16)17(21)18-14-4-3-5-15(10-14)20(22)23/h3-10,12,19H,11H2,1-2H3,(H,18,21)/t12-/m1/s1. The quantitative estimate of drug-likeness (QED) is 0.522. The van der Waals surface area contributed by atoms with Crippen LogP contribution in [-0.4, -0.2) is 39.0 Å². The van der Waals surface area contributed by atoms with E-state index in [0.29, 0.717) is 0 Å². The maximum atomic E-state index is 12.3. The maximum absolute atomic E-state index is 12.3. The summed E-state index contributed by atoms with van der Waals surface area (Å²) in [6, 6.07) is 10.5. The lowest BCUT2D eigenvalue weighted by atomic mass is 10.2. The van der Waals surface area contributed by atoms with Gasteiger partial charge in [0.25, 0.3) is 11.6 Å². The lowest BCUT2D eigenvalue weighted by Crippen LogP contribution is -2.35. The molecule has 2 aromatic carbocycles. The summed E-state index contributed by atoms with van der Waals surface area (Å²) in [4.78, 5) is 22.5. The molecule has 0 bridgehead atoms. The van der Waals surface area contributed by atoms with Crippen LogP contribution in [0.1, 0.15) is 17.3 Å². The number of anilines is 1. The fraction of sp³-hybridized carbons (Fsp3) is 0.235. The van der Waals surface area contributed by atoms with Crippen LogP contribution >= 0.6 is 0 Å². The Morgan fingerprint density at radius 1 is 1.22 bits per heavy atom. The lowest BCUT2D eigenvalue weighted by molar-refractivity contribution is -0.384. The van der Waals surface area contributed by atoms with Crippen molar-refractivity contribution in [2.24, 2.45) is 0 Å². The molecule has 10 heteroatoms. The molecule has 2 aromatic rings. The Morgan fingerprint density at radius 3 is 2.48 bits per heavy atom. The fourth-order valence-electron chi connectivity index (χ4n) is 2.30. The minimum atomic E-state index is -3.73. The number of carbonyl (C=O) groups is 1. The number of amides is 1. The van der Waals surface area contributed by atoms with Gasteiger partial charge in [-0.15, -0.1) is 0 Å². The van der Waals surface area contributed by atoms with Crippen LogP contribution in [0.25, 0.3) is 0 Å². The number of nitro benzene ring substituents is 1. The molecule has 0 unspecified atom stereocenters. The van der Waals surface area contributed by atoms with Crippen molar-refractivity contribution in [1.82, 2.24) is 4.72 Å². The van der Waals surface area contributed by atoms with Crippen LogP contribution < -0.4 is 10.0 Å². The summed E-state index contributed by atoms with van der Waals surface area (Å²) in [5.41, 5.74) is 0.330. The summed E-state index contributed by atoms with van der Waals surface area (Å²) < 4.78 is 31.9. The number of non-ortho nitro benzene ring substituents is 1. The van der Waals surface area contributed by atoms with Crippen molar-refractivity contribution in [3.63, 3.8) is 0 Å². The zero-order valence-electron chi connectivity index (χ0n) is 14.7. The van der Waals surface area contributed by atoms with Gasteiger partial charge in [-0.05, 0) is 37.3 Å². The second-order valence-corrected chi connectivity index (χ2v) is 7.48. The van der Waals surface area contributed by atoms with Gasteiger partial charge in [0.15, 0.2) is 0 Å². The fourth-order valence-corrected chi connectivity index (χ4v) is 3.53. The highest BCUT2D eigenvalue weighted by Crippen LogP contribution is 2.18. The first-order valence-corrected chi connectivity index (χ1v) is 9.38. The van der Waals surface area contributed by atoms with E-state index in [1.807, 2.05) is 0 Å². The summed E-state index contributed by atoms with van der Waals surface area (Å²) in [5.74, 6) is -0.514. The predicted molar refractivity (Wildman–Crippen MR) is 99.2 cm³/mol. The van der Waals surface area contributed by atoms with Crippen molar-refractivity contribution >= 4 is 27.3 Å². The average Bonchev–Trinajstić information content (AvgIpc) is 2.61. The van der Waals surface area contributed by atoms with Crippen LogP contribution in [0.2, 0.25) is 0 Å². The van der Waals surface area contributed by atoms with Gasteiger partial charge < -0.3 is 10.1 Å². The Hall–Kier alpha value is -2.82. The summed E-state index contributed by atoms with van der Waals surface area (Å²) in [5, 5.41) is 13.3. The number of sulfonamides is 1. The first-order valence-electron chi connectivity index (χ1n) is 7.90. The van der Waals surface area contributed by atoms with E-state index >= 15 is 0 Å². The molecule has 0 aliphatic heterocycles. The Labute approximate surface area is 156 Å². The number of methoxy groups -OCH3 is 1. The van der Waals surface area contributed by atoms with E-state index in [-0.39, 0.29) is 28.4 Å². The predicted octanol–water partition coefficient (Wildman–Crippen LogP) is 2.16. The Bertz CT molecular complexity index is 928. The van der Waals surface area contributed by atoms with Crippen LogP contribution in [0.5, 0.6) is 0 Å². The minimum absolute atomic E-state index is 0.0114. The largest absolute Gasteiger partial charge is 0.383 e. The third-order valence-electron chi connectivity index (χ3n) is 3.51. The molecule has 0 saturated heterocycles. The number of rotatable bonds is 8. The Morgan fingerprint density at radius 2 is 1.89 bits per heavy atom. The van der Waals surface area contributed by atoms with E-state index in [1.165, 1.54) is 55.6 Å². The van der Waals surface area contributed by atoms with Gasteiger partial charge in [-0.1, -0.05) is 6.07 Å². The SMILES string of the molecule is COC[C@@H](C)NS(=O)(=O)c1ccc(C(=O)Nc2cccc([N+](=O)[O-])c2)cc1. The maximum Gasteiger partial charge on any atom is 0.271 e. The molecule has 2 rings (SSSR count). The summed E-state index contributed by atoms with van der Waals surface area (Å²) in [6.07, 6.45) is 0. The summed E-state index contributed by atoms with van der Waals surface area (Å²) >= 11 is 0. The molecule has 1 amide bonds. The Balaban J connectivity index is 2.11. The van der Waals surface area contributed by atoms with Gasteiger partial charge >= 0.3 is 0 Å². The van der Waals surface area contributed by atoms with E-state index in [4.69, 9.17) is 4.74 Å². The highest BCUT2D eigenvalue weighted by atomic mass is 32.2. The number of hydrogen-bond donors (Lipinski definition) is 2. The van der Waals surface area contributed by atoms with Crippen molar-refractivity contribution in [1.29, 1.82) is 0 Å². The zero-order chi connectivity index (χ0) is 20.0. The molecule has 9 nitrogen and oxygen atoms in total. The molecule has 0 heterocycles. The smallest absolute Gasteiger partial charge is 0.271 e. The zero-order valence-corrected chi connectivity index (χ0v) is 15.5. The first-order chi connectivity index (χ1) is 12.7.